The van der Waals surface area contributed by atoms with Crippen molar-refractivity contribution in [2.75, 3.05) is 0 Å². The molecule has 10 nitrogen and oxygen atoms in total. The first kappa shape index (κ1) is 35.5. The Balaban J connectivity index is 1.04. The van der Waals surface area contributed by atoms with Crippen LogP contribution >= 0.6 is 23.2 Å². The quantitative estimate of drug-likeness (QED) is 0.0441. The van der Waals surface area contributed by atoms with Gasteiger partial charge in [0, 0.05) is 12.8 Å². The highest BCUT2D eigenvalue weighted by Crippen LogP contribution is 2.20. The molecule has 0 fully saturated rings. The Hall–Kier alpha value is -5.32. The summed E-state index contributed by atoms with van der Waals surface area (Å²) in [7, 11) is 0. The fraction of sp³-hybridized carbons (Fsp3) is 0.167. The predicted molar refractivity (Wildman–Crippen MR) is 185 cm³/mol. The summed E-state index contributed by atoms with van der Waals surface area (Å²) >= 11 is 12.1. The number of carbonyl (C=O) groups is 4. The number of halogens is 2. The number of esters is 2. The van der Waals surface area contributed by atoms with E-state index in [0.717, 1.165) is 12.8 Å². The molecule has 0 saturated carbocycles. The molecule has 48 heavy (non-hydrogen) atoms. The molecular weight excluding hydrogens is 655 g/mol. The Morgan fingerprint density at radius 3 is 1.29 bits per heavy atom. The normalized spacial score (nSPS) is 11.0. The zero-order valence-corrected chi connectivity index (χ0v) is 27.2. The van der Waals surface area contributed by atoms with Crippen LogP contribution in [0.4, 0.5) is 0 Å². The van der Waals surface area contributed by atoms with E-state index in [2.05, 4.69) is 21.1 Å². The second-order valence-corrected chi connectivity index (χ2v) is 11.2. The molecule has 0 aromatic heterocycles. The number of nitrogens with one attached hydrogen (secondary N) is 2. The van der Waals surface area contributed by atoms with Crippen molar-refractivity contribution in [1.29, 1.82) is 0 Å². The Kier molecular flexibility index (Phi) is 13.9. The number of hydrogen-bond acceptors (Lipinski definition) is 8. The minimum Gasteiger partial charge on any atom is -0.423 e. The molecular formula is C36H32Cl2N4O6. The molecule has 0 spiro atoms. The second-order valence-electron chi connectivity index (χ2n) is 10.4. The van der Waals surface area contributed by atoms with Gasteiger partial charge in [0.1, 0.15) is 11.5 Å². The molecule has 0 atom stereocenters. The lowest BCUT2D eigenvalue weighted by Gasteiger charge is -2.06. The van der Waals surface area contributed by atoms with Crippen molar-refractivity contribution in [2.45, 2.75) is 38.5 Å². The van der Waals surface area contributed by atoms with E-state index in [1.165, 1.54) is 12.4 Å². The van der Waals surface area contributed by atoms with E-state index >= 15 is 0 Å². The first-order valence-corrected chi connectivity index (χ1v) is 15.8. The highest BCUT2D eigenvalue weighted by Gasteiger charge is 2.13. The van der Waals surface area contributed by atoms with Crippen LogP contribution in [0.5, 0.6) is 11.5 Å². The summed E-state index contributed by atoms with van der Waals surface area (Å²) in [6, 6.07) is 26.6. The van der Waals surface area contributed by atoms with Gasteiger partial charge in [-0.25, -0.2) is 20.4 Å². The molecule has 2 N–H and O–H groups in total. The SMILES string of the molecule is O=C(CCCCCCC(=O)NN=Cc1ccc(OC(=O)c2ccccc2Cl)cc1)NN=Cc1ccc(OC(=O)c2ccccc2Cl)cc1. The van der Waals surface area contributed by atoms with Crippen molar-refractivity contribution in [1.82, 2.24) is 10.9 Å². The van der Waals surface area contributed by atoms with Gasteiger partial charge >= 0.3 is 11.9 Å². The van der Waals surface area contributed by atoms with E-state index in [1.807, 2.05) is 0 Å². The number of nitrogens with zero attached hydrogens (tertiary/aromatic N) is 2. The highest BCUT2D eigenvalue weighted by molar-refractivity contribution is 6.34. The van der Waals surface area contributed by atoms with Crippen LogP contribution in [0.25, 0.3) is 0 Å². The van der Waals surface area contributed by atoms with Gasteiger partial charge in [-0.1, -0.05) is 60.3 Å². The van der Waals surface area contributed by atoms with Gasteiger partial charge in [-0.15, -0.1) is 0 Å². The maximum Gasteiger partial charge on any atom is 0.345 e. The van der Waals surface area contributed by atoms with Crippen LogP contribution in [0.1, 0.15) is 70.4 Å². The monoisotopic (exact) mass is 686 g/mol. The number of benzene rings is 4. The lowest BCUT2D eigenvalue weighted by Crippen LogP contribution is -2.17. The Bertz CT molecular complexity index is 1650. The summed E-state index contributed by atoms with van der Waals surface area (Å²) in [4.78, 5) is 48.7. The van der Waals surface area contributed by atoms with Gasteiger partial charge in [-0.2, -0.15) is 10.2 Å². The zero-order valence-electron chi connectivity index (χ0n) is 25.7. The van der Waals surface area contributed by atoms with E-state index in [4.69, 9.17) is 32.7 Å². The fourth-order valence-corrected chi connectivity index (χ4v) is 4.64. The second kappa shape index (κ2) is 18.7. The van der Waals surface area contributed by atoms with E-state index in [-0.39, 0.29) is 22.9 Å². The fourth-order valence-electron chi connectivity index (χ4n) is 4.22. The van der Waals surface area contributed by atoms with Crippen molar-refractivity contribution in [2.24, 2.45) is 10.2 Å². The van der Waals surface area contributed by atoms with Crippen LogP contribution in [-0.2, 0) is 9.59 Å². The maximum atomic E-state index is 12.3. The average molecular weight is 688 g/mol. The molecule has 0 aliphatic carbocycles. The zero-order chi connectivity index (χ0) is 34.1. The van der Waals surface area contributed by atoms with E-state index in [0.29, 0.717) is 58.4 Å². The highest BCUT2D eigenvalue weighted by atomic mass is 35.5. The number of amides is 2. The van der Waals surface area contributed by atoms with Crippen LogP contribution < -0.4 is 20.3 Å². The molecule has 2 amide bonds. The molecule has 246 valence electrons. The molecule has 12 heteroatoms. The van der Waals surface area contributed by atoms with Gasteiger partial charge in [-0.3, -0.25) is 9.59 Å². The molecule has 0 aliphatic rings. The molecule has 0 aliphatic heterocycles. The van der Waals surface area contributed by atoms with Crippen LogP contribution in [0.15, 0.2) is 107 Å². The standard InChI is InChI=1S/C36H32Cl2N4O6/c37-31-11-7-5-9-29(31)35(45)47-27-19-15-25(16-20-27)23-39-41-33(43)13-3-1-2-4-14-34(44)42-40-24-26-17-21-28(22-18-26)48-36(46)30-10-6-8-12-32(30)38/h5-12,15-24H,1-4,13-14H2,(H,41,43)(H,42,44). The predicted octanol–water partition coefficient (Wildman–Crippen LogP) is 7.37. The van der Waals surface area contributed by atoms with Crippen molar-refractivity contribution >= 4 is 59.4 Å². The van der Waals surface area contributed by atoms with Crippen molar-refractivity contribution in [3.63, 3.8) is 0 Å². The van der Waals surface area contributed by atoms with E-state index in [1.54, 1.807) is 97.1 Å². The van der Waals surface area contributed by atoms with Gasteiger partial charge in [0.05, 0.1) is 33.6 Å². The number of ether oxygens (including phenoxy) is 2. The maximum absolute atomic E-state index is 12.3. The number of hydrazone groups is 2. The van der Waals surface area contributed by atoms with Gasteiger partial charge in [-0.05, 0) is 96.8 Å². The molecule has 0 saturated heterocycles. The lowest BCUT2D eigenvalue weighted by molar-refractivity contribution is -0.122. The van der Waals surface area contributed by atoms with Crippen LogP contribution in [-0.4, -0.2) is 36.2 Å². The third-order valence-electron chi connectivity index (χ3n) is 6.73. The van der Waals surface area contributed by atoms with Gasteiger partial charge in [0.2, 0.25) is 11.8 Å². The summed E-state index contributed by atoms with van der Waals surface area (Å²) in [5.41, 5.74) is 6.96. The summed E-state index contributed by atoms with van der Waals surface area (Å²) in [6.07, 6.45) is 6.51. The molecule has 0 heterocycles. The first-order valence-electron chi connectivity index (χ1n) is 15.1. The third kappa shape index (κ3) is 11.8. The number of unbranched alkanes of at least 4 members (excludes halogenated alkanes) is 3. The van der Waals surface area contributed by atoms with Crippen LogP contribution in [0, 0.1) is 0 Å². The Morgan fingerprint density at radius 1 is 0.542 bits per heavy atom. The first-order chi connectivity index (χ1) is 23.3. The minimum absolute atomic E-state index is 0.213. The minimum atomic E-state index is -0.555. The molecule has 0 unspecified atom stereocenters. The number of hydrogen-bond donors (Lipinski definition) is 2. The Morgan fingerprint density at radius 2 is 0.917 bits per heavy atom. The molecule has 0 bridgehead atoms. The Labute approximate surface area is 287 Å². The smallest absolute Gasteiger partial charge is 0.345 e. The summed E-state index contributed by atoms with van der Waals surface area (Å²) in [6.45, 7) is 0. The molecule has 4 aromatic carbocycles. The van der Waals surface area contributed by atoms with Crippen molar-refractivity contribution < 1.29 is 28.7 Å². The van der Waals surface area contributed by atoms with E-state index in [9.17, 15) is 19.2 Å². The van der Waals surface area contributed by atoms with Crippen molar-refractivity contribution in [3.05, 3.63) is 129 Å². The van der Waals surface area contributed by atoms with Crippen LogP contribution in [0.3, 0.4) is 0 Å². The number of rotatable bonds is 15. The van der Waals surface area contributed by atoms with Crippen LogP contribution in [0.2, 0.25) is 10.0 Å². The number of carbonyl (C=O) groups excluding carboxylic acids is 4. The van der Waals surface area contributed by atoms with Gasteiger partial charge < -0.3 is 9.47 Å². The summed E-state index contributed by atoms with van der Waals surface area (Å²) in [5, 5.41) is 8.56. The van der Waals surface area contributed by atoms with Crippen molar-refractivity contribution in [3.8, 4) is 11.5 Å². The van der Waals surface area contributed by atoms with Gasteiger partial charge in [0.15, 0.2) is 0 Å². The summed E-state index contributed by atoms with van der Waals surface area (Å²) < 4.78 is 10.7. The molecule has 4 rings (SSSR count). The largest absolute Gasteiger partial charge is 0.423 e. The summed E-state index contributed by atoms with van der Waals surface area (Å²) in [5.74, 6) is -0.831. The topological polar surface area (TPSA) is 136 Å². The molecule has 4 aromatic rings. The third-order valence-corrected chi connectivity index (χ3v) is 7.39. The molecule has 0 radical (unpaired) electrons. The van der Waals surface area contributed by atoms with Gasteiger partial charge in [0.25, 0.3) is 0 Å². The average Bonchev–Trinajstić information content (AvgIpc) is 3.08. The van der Waals surface area contributed by atoms with E-state index < -0.39 is 11.9 Å². The lowest BCUT2D eigenvalue weighted by atomic mass is 10.1.